The molecule has 0 unspecified atom stereocenters. The molecule has 0 heterocycles. The molecule has 1 saturated carbocycles. The molecule has 1 rings (SSSR count). The molecular weight excluding hydrogens is 136 g/mol. The van der Waals surface area contributed by atoms with Crippen LogP contribution in [-0.2, 0) is 0 Å². The lowest BCUT2D eigenvalue weighted by atomic mass is 9.96. The van der Waals surface area contributed by atoms with E-state index in [4.69, 9.17) is 5.73 Å². The molecule has 0 aromatic rings. The molecule has 64 valence electrons. The second-order valence-electron chi connectivity index (χ2n) is 3.39. The van der Waals surface area contributed by atoms with Gasteiger partial charge in [0.25, 0.3) is 0 Å². The minimum Gasteiger partial charge on any atom is -0.401 e. The summed E-state index contributed by atoms with van der Waals surface area (Å²) in [4.78, 5) is 0. The normalized spacial score (nSPS) is 21.7. The summed E-state index contributed by atoms with van der Waals surface area (Å²) in [6, 6.07) is 0.683. The van der Waals surface area contributed by atoms with Gasteiger partial charge in [0.15, 0.2) is 0 Å². The second-order valence-corrected chi connectivity index (χ2v) is 3.39. The number of allylic oxidation sites excluding steroid dienone is 1. The fourth-order valence-corrected chi connectivity index (χ4v) is 1.52. The Balaban J connectivity index is 2.19. The molecule has 0 saturated heterocycles. The lowest BCUT2D eigenvalue weighted by molar-refractivity contribution is 0.403. The Kier molecular flexibility index (Phi) is 3.27. The summed E-state index contributed by atoms with van der Waals surface area (Å²) in [6.07, 6.45) is 8.69. The second kappa shape index (κ2) is 4.27. The van der Waals surface area contributed by atoms with Gasteiger partial charge in [-0.1, -0.05) is 19.3 Å². The zero-order valence-corrected chi connectivity index (χ0v) is 7.27. The first-order valence-corrected chi connectivity index (χ1v) is 4.47. The Hall–Kier alpha value is -0.660. The van der Waals surface area contributed by atoms with Crippen molar-refractivity contribution in [3.63, 3.8) is 0 Å². The van der Waals surface area contributed by atoms with Crippen molar-refractivity contribution >= 4 is 0 Å². The van der Waals surface area contributed by atoms with Crippen molar-refractivity contribution in [1.82, 2.24) is 5.32 Å². The van der Waals surface area contributed by atoms with Gasteiger partial charge in [0, 0.05) is 17.9 Å². The van der Waals surface area contributed by atoms with Crippen LogP contribution in [0.25, 0.3) is 0 Å². The Labute approximate surface area is 68.9 Å². The van der Waals surface area contributed by atoms with Crippen molar-refractivity contribution in [2.24, 2.45) is 5.73 Å². The highest BCUT2D eigenvalue weighted by Gasteiger charge is 2.10. The van der Waals surface area contributed by atoms with Crippen LogP contribution < -0.4 is 11.1 Å². The van der Waals surface area contributed by atoms with Crippen molar-refractivity contribution in [1.29, 1.82) is 0 Å². The number of nitrogens with two attached hydrogens (primary N) is 1. The Morgan fingerprint density at radius 2 is 2.00 bits per heavy atom. The maximum absolute atomic E-state index is 5.51. The van der Waals surface area contributed by atoms with Gasteiger partial charge in [-0.15, -0.1) is 0 Å². The first-order valence-electron chi connectivity index (χ1n) is 4.47. The minimum absolute atomic E-state index is 0.683. The fraction of sp³-hybridized carbons (Fsp3) is 0.778. The number of hydrogen-bond acceptors (Lipinski definition) is 2. The summed E-state index contributed by atoms with van der Waals surface area (Å²) in [5.41, 5.74) is 6.38. The molecule has 0 aromatic carbocycles. The quantitative estimate of drug-likeness (QED) is 0.635. The lowest BCUT2D eigenvalue weighted by Crippen LogP contribution is -2.27. The van der Waals surface area contributed by atoms with Crippen LogP contribution in [0.2, 0.25) is 0 Å². The van der Waals surface area contributed by atoms with Gasteiger partial charge in [-0.25, -0.2) is 0 Å². The number of hydrogen-bond donors (Lipinski definition) is 2. The van der Waals surface area contributed by atoms with Crippen LogP contribution in [0, 0.1) is 0 Å². The number of nitrogens with one attached hydrogen (secondary N) is 1. The highest BCUT2D eigenvalue weighted by atomic mass is 14.9. The maximum Gasteiger partial charge on any atom is 0.0256 e. The molecule has 0 aliphatic heterocycles. The zero-order chi connectivity index (χ0) is 8.10. The summed E-state index contributed by atoms with van der Waals surface area (Å²) in [7, 11) is 0. The van der Waals surface area contributed by atoms with Gasteiger partial charge in [0.05, 0.1) is 0 Å². The summed E-state index contributed by atoms with van der Waals surface area (Å²) in [5.74, 6) is 0. The van der Waals surface area contributed by atoms with Crippen molar-refractivity contribution < 1.29 is 0 Å². The van der Waals surface area contributed by atoms with Gasteiger partial charge in [0.1, 0.15) is 0 Å². The van der Waals surface area contributed by atoms with Gasteiger partial charge in [-0.2, -0.15) is 0 Å². The summed E-state index contributed by atoms with van der Waals surface area (Å²) in [5, 5.41) is 3.33. The van der Waals surface area contributed by atoms with E-state index in [0.29, 0.717) is 6.04 Å². The molecule has 1 aliphatic carbocycles. The largest absolute Gasteiger partial charge is 0.401 e. The summed E-state index contributed by atoms with van der Waals surface area (Å²) < 4.78 is 0. The Morgan fingerprint density at radius 1 is 1.36 bits per heavy atom. The van der Waals surface area contributed by atoms with Crippen LogP contribution in [0.15, 0.2) is 11.9 Å². The van der Waals surface area contributed by atoms with Crippen molar-refractivity contribution in [3.8, 4) is 0 Å². The van der Waals surface area contributed by atoms with E-state index in [0.717, 1.165) is 5.70 Å². The molecule has 1 aliphatic rings. The molecular formula is C9H18N2. The van der Waals surface area contributed by atoms with Gasteiger partial charge < -0.3 is 11.1 Å². The van der Waals surface area contributed by atoms with E-state index in [9.17, 15) is 0 Å². The van der Waals surface area contributed by atoms with E-state index < -0.39 is 0 Å². The molecule has 0 radical (unpaired) electrons. The van der Waals surface area contributed by atoms with Gasteiger partial charge in [-0.05, 0) is 19.8 Å². The van der Waals surface area contributed by atoms with Crippen LogP contribution in [0.1, 0.15) is 39.0 Å². The first kappa shape index (κ1) is 8.44. The Morgan fingerprint density at radius 3 is 2.55 bits per heavy atom. The molecule has 0 amide bonds. The van der Waals surface area contributed by atoms with Gasteiger partial charge in [0.2, 0.25) is 0 Å². The Bertz CT molecular complexity index is 130. The van der Waals surface area contributed by atoms with Crippen LogP contribution >= 0.6 is 0 Å². The molecule has 1 fully saturated rings. The average molecular weight is 154 g/mol. The van der Waals surface area contributed by atoms with E-state index in [2.05, 4.69) is 5.32 Å². The van der Waals surface area contributed by atoms with Crippen LogP contribution in [0.3, 0.4) is 0 Å². The van der Waals surface area contributed by atoms with Gasteiger partial charge in [-0.3, -0.25) is 0 Å². The predicted octanol–water partition coefficient (Wildman–Crippen LogP) is 1.73. The molecule has 0 aromatic heterocycles. The van der Waals surface area contributed by atoms with E-state index in [-0.39, 0.29) is 0 Å². The molecule has 2 nitrogen and oxygen atoms in total. The van der Waals surface area contributed by atoms with Crippen molar-refractivity contribution in [3.05, 3.63) is 11.9 Å². The van der Waals surface area contributed by atoms with Crippen LogP contribution in [0.5, 0.6) is 0 Å². The monoisotopic (exact) mass is 154 g/mol. The molecule has 11 heavy (non-hydrogen) atoms. The standard InChI is InChI=1S/C9H18N2/c1-8(10)7-11-9-5-3-2-4-6-9/h7,9,11H,2-6,10H2,1H3/b8-7-. The van der Waals surface area contributed by atoms with E-state index >= 15 is 0 Å². The van der Waals surface area contributed by atoms with E-state index in [1.54, 1.807) is 0 Å². The molecule has 3 N–H and O–H groups in total. The third-order valence-electron chi connectivity index (χ3n) is 2.15. The van der Waals surface area contributed by atoms with E-state index in [1.165, 1.54) is 32.1 Å². The molecule has 2 heteroatoms. The third kappa shape index (κ3) is 3.30. The lowest BCUT2D eigenvalue weighted by Gasteiger charge is -2.21. The summed E-state index contributed by atoms with van der Waals surface area (Å²) in [6.45, 7) is 1.91. The van der Waals surface area contributed by atoms with Crippen LogP contribution in [0.4, 0.5) is 0 Å². The third-order valence-corrected chi connectivity index (χ3v) is 2.15. The van der Waals surface area contributed by atoms with Crippen molar-refractivity contribution in [2.45, 2.75) is 45.1 Å². The fourth-order valence-electron chi connectivity index (χ4n) is 1.52. The summed E-state index contributed by atoms with van der Waals surface area (Å²) >= 11 is 0. The average Bonchev–Trinajstić information content (AvgIpc) is 2.03. The highest BCUT2D eigenvalue weighted by Crippen LogP contribution is 2.17. The zero-order valence-electron chi connectivity index (χ0n) is 7.27. The number of rotatable bonds is 2. The highest BCUT2D eigenvalue weighted by molar-refractivity contribution is 4.91. The smallest absolute Gasteiger partial charge is 0.0256 e. The molecule has 0 atom stereocenters. The minimum atomic E-state index is 0.683. The molecule has 0 spiro atoms. The molecule has 0 bridgehead atoms. The topological polar surface area (TPSA) is 38.0 Å². The SMILES string of the molecule is C/C(N)=C/NC1CCCCC1. The predicted molar refractivity (Wildman–Crippen MR) is 48.0 cm³/mol. The van der Waals surface area contributed by atoms with E-state index in [1.807, 2.05) is 13.1 Å². The van der Waals surface area contributed by atoms with Crippen molar-refractivity contribution in [2.75, 3.05) is 0 Å². The first-order chi connectivity index (χ1) is 5.29. The van der Waals surface area contributed by atoms with Crippen LogP contribution in [-0.4, -0.2) is 6.04 Å². The van der Waals surface area contributed by atoms with Gasteiger partial charge >= 0.3 is 0 Å². The maximum atomic E-state index is 5.51.